The molecule has 0 amide bonds. The van der Waals surface area contributed by atoms with Gasteiger partial charge in [0.15, 0.2) is 0 Å². The predicted molar refractivity (Wildman–Crippen MR) is 46.9 cm³/mol. The van der Waals surface area contributed by atoms with Crippen LogP contribution in [-0.4, -0.2) is 57.8 Å². The zero-order valence-electron chi connectivity index (χ0n) is 8.00. The average Bonchev–Trinajstić information content (AvgIpc) is 2.21. The molecule has 0 heterocycles. The van der Waals surface area contributed by atoms with Gasteiger partial charge in [0, 0.05) is 0 Å². The minimum absolute atomic E-state index is 0.294. The van der Waals surface area contributed by atoms with Gasteiger partial charge in [-0.05, 0) is 0 Å². The van der Waals surface area contributed by atoms with Gasteiger partial charge in [-0.15, -0.1) is 0 Å². The van der Waals surface area contributed by atoms with Crippen molar-refractivity contribution in [3.05, 3.63) is 0 Å². The van der Waals surface area contributed by atoms with Crippen molar-refractivity contribution in [3.63, 3.8) is 0 Å². The smallest absolute Gasteiger partial charge is 0.306 e. The number of carbonyl (C=O) groups excluding carboxylic acids is 1. The molecule has 7 heteroatoms. The molecule has 4 N–H and O–H groups in total. The first kappa shape index (κ1) is 13.8. The molecule has 0 aromatic carbocycles. The van der Waals surface area contributed by atoms with Crippen LogP contribution < -0.4 is 0 Å². The Morgan fingerprint density at radius 3 is 2.20 bits per heavy atom. The van der Waals surface area contributed by atoms with Crippen LogP contribution in [0.25, 0.3) is 0 Å². The van der Waals surface area contributed by atoms with Crippen LogP contribution in [0.4, 0.5) is 0 Å². The summed E-state index contributed by atoms with van der Waals surface area (Å²) in [6.07, 6.45) is -3.39. The largest absolute Gasteiger partial charge is 0.481 e. The Balaban J connectivity index is 3.66. The highest BCUT2D eigenvalue weighted by molar-refractivity contribution is 5.76. The van der Waals surface area contributed by atoms with E-state index < -0.39 is 37.4 Å². The zero-order valence-corrected chi connectivity index (χ0v) is 8.00. The normalized spacial score (nSPS) is 14.3. The van der Waals surface area contributed by atoms with E-state index >= 15 is 0 Å². The van der Waals surface area contributed by atoms with Gasteiger partial charge in [-0.2, -0.15) is 0 Å². The lowest BCUT2D eigenvalue weighted by atomic mass is 10.2. The third kappa shape index (κ3) is 6.83. The molecule has 88 valence electrons. The summed E-state index contributed by atoms with van der Waals surface area (Å²) >= 11 is 0. The van der Waals surface area contributed by atoms with Crippen LogP contribution in [0.5, 0.6) is 0 Å². The molecule has 0 spiro atoms. The second-order valence-electron chi connectivity index (χ2n) is 2.89. The third-order valence-corrected chi connectivity index (χ3v) is 1.59. The van der Waals surface area contributed by atoms with E-state index in [1.807, 2.05) is 0 Å². The second-order valence-corrected chi connectivity index (χ2v) is 2.89. The lowest BCUT2D eigenvalue weighted by molar-refractivity contribution is -0.152. The summed E-state index contributed by atoms with van der Waals surface area (Å²) in [4.78, 5) is 20.9. The Bertz CT molecular complexity index is 215. The molecule has 0 aromatic rings. The Kier molecular flexibility index (Phi) is 6.59. The van der Waals surface area contributed by atoms with Crippen LogP contribution in [0.3, 0.4) is 0 Å². The van der Waals surface area contributed by atoms with E-state index in [2.05, 4.69) is 4.74 Å². The third-order valence-electron chi connectivity index (χ3n) is 1.59. The van der Waals surface area contributed by atoms with Gasteiger partial charge >= 0.3 is 11.9 Å². The Labute approximate surface area is 85.9 Å². The van der Waals surface area contributed by atoms with Crippen molar-refractivity contribution in [2.24, 2.45) is 0 Å². The first-order valence-corrected chi connectivity index (χ1v) is 4.31. The van der Waals surface area contributed by atoms with Crippen molar-refractivity contribution in [1.82, 2.24) is 0 Å². The van der Waals surface area contributed by atoms with E-state index in [0.29, 0.717) is 0 Å². The molecule has 2 atom stereocenters. The number of aliphatic hydroxyl groups is 3. The molecule has 15 heavy (non-hydrogen) atoms. The summed E-state index contributed by atoms with van der Waals surface area (Å²) in [5.41, 5.74) is 0. The van der Waals surface area contributed by atoms with Gasteiger partial charge in [-0.3, -0.25) is 9.59 Å². The highest BCUT2D eigenvalue weighted by atomic mass is 16.5. The lowest BCUT2D eigenvalue weighted by Gasteiger charge is -2.15. The molecule has 0 saturated heterocycles. The van der Waals surface area contributed by atoms with Crippen molar-refractivity contribution in [1.29, 1.82) is 0 Å². The van der Waals surface area contributed by atoms with Gasteiger partial charge < -0.3 is 25.2 Å². The summed E-state index contributed by atoms with van der Waals surface area (Å²) in [7, 11) is 0. The van der Waals surface area contributed by atoms with Gasteiger partial charge in [0.25, 0.3) is 0 Å². The SMILES string of the molecule is O=C(O)CCC(=O)OCC(O)C(O)CO. The Morgan fingerprint density at radius 2 is 1.73 bits per heavy atom. The van der Waals surface area contributed by atoms with E-state index in [1.165, 1.54) is 0 Å². The highest BCUT2D eigenvalue weighted by Crippen LogP contribution is 1.97. The maximum atomic E-state index is 10.8. The van der Waals surface area contributed by atoms with Gasteiger partial charge in [0.1, 0.15) is 18.8 Å². The van der Waals surface area contributed by atoms with Crippen LogP contribution in [-0.2, 0) is 14.3 Å². The van der Waals surface area contributed by atoms with E-state index in [0.717, 1.165) is 0 Å². The number of aliphatic hydroxyl groups excluding tert-OH is 3. The number of hydrogen-bond donors (Lipinski definition) is 4. The van der Waals surface area contributed by atoms with Crippen molar-refractivity contribution in [3.8, 4) is 0 Å². The number of aliphatic carboxylic acids is 1. The second kappa shape index (κ2) is 7.16. The fourth-order valence-electron chi connectivity index (χ4n) is 0.692. The molecule has 0 saturated carbocycles. The molecule has 0 aliphatic heterocycles. The fraction of sp³-hybridized carbons (Fsp3) is 0.750. The fourth-order valence-corrected chi connectivity index (χ4v) is 0.692. The molecule has 0 radical (unpaired) electrons. The standard InChI is InChI=1S/C8H14O7/c9-3-5(10)6(11)4-15-8(14)2-1-7(12)13/h5-6,9-11H,1-4H2,(H,12,13). The molecule has 0 aliphatic carbocycles. The topological polar surface area (TPSA) is 124 Å². The minimum Gasteiger partial charge on any atom is -0.481 e. The highest BCUT2D eigenvalue weighted by Gasteiger charge is 2.17. The summed E-state index contributed by atoms with van der Waals surface area (Å²) in [5.74, 6) is -1.90. The Hall–Kier alpha value is -1.18. The monoisotopic (exact) mass is 222 g/mol. The molecule has 0 rings (SSSR count). The van der Waals surface area contributed by atoms with E-state index in [4.69, 9.17) is 20.4 Å². The maximum Gasteiger partial charge on any atom is 0.306 e. The maximum absolute atomic E-state index is 10.8. The number of rotatable bonds is 7. The van der Waals surface area contributed by atoms with Gasteiger partial charge in [-0.1, -0.05) is 0 Å². The summed E-state index contributed by atoms with van der Waals surface area (Å²) < 4.78 is 4.45. The summed E-state index contributed by atoms with van der Waals surface area (Å²) in [6.45, 7) is -1.12. The zero-order chi connectivity index (χ0) is 11.8. The van der Waals surface area contributed by atoms with Crippen LogP contribution in [0, 0.1) is 0 Å². The number of esters is 1. The molecule has 0 aromatic heterocycles. The van der Waals surface area contributed by atoms with Crippen molar-refractivity contribution in [2.75, 3.05) is 13.2 Å². The van der Waals surface area contributed by atoms with Crippen LogP contribution >= 0.6 is 0 Å². The number of hydrogen-bond acceptors (Lipinski definition) is 6. The molecular formula is C8H14O7. The van der Waals surface area contributed by atoms with Crippen LogP contribution in [0.15, 0.2) is 0 Å². The first-order chi connectivity index (χ1) is 6.97. The van der Waals surface area contributed by atoms with Crippen LogP contribution in [0.2, 0.25) is 0 Å². The molecule has 2 unspecified atom stereocenters. The molecule has 0 bridgehead atoms. The van der Waals surface area contributed by atoms with Gasteiger partial charge in [0.2, 0.25) is 0 Å². The molecule has 0 aliphatic rings. The number of ether oxygens (including phenoxy) is 1. The molecular weight excluding hydrogens is 208 g/mol. The minimum atomic E-state index is -1.38. The van der Waals surface area contributed by atoms with Gasteiger partial charge in [0.05, 0.1) is 19.4 Å². The average molecular weight is 222 g/mol. The number of carboxylic acids is 1. The van der Waals surface area contributed by atoms with Crippen molar-refractivity contribution >= 4 is 11.9 Å². The van der Waals surface area contributed by atoms with Crippen LogP contribution in [0.1, 0.15) is 12.8 Å². The molecule has 7 nitrogen and oxygen atoms in total. The quantitative estimate of drug-likeness (QED) is 0.371. The molecule has 0 fully saturated rings. The van der Waals surface area contributed by atoms with E-state index in [9.17, 15) is 9.59 Å². The first-order valence-electron chi connectivity index (χ1n) is 4.31. The number of carboxylic acid groups (broad SMARTS) is 1. The van der Waals surface area contributed by atoms with Crippen molar-refractivity contribution < 1.29 is 34.8 Å². The lowest BCUT2D eigenvalue weighted by Crippen LogP contribution is -2.34. The van der Waals surface area contributed by atoms with Gasteiger partial charge in [-0.25, -0.2) is 0 Å². The summed E-state index contributed by atoms with van der Waals surface area (Å²) in [6, 6.07) is 0. The van der Waals surface area contributed by atoms with E-state index in [-0.39, 0.29) is 12.8 Å². The predicted octanol–water partition coefficient (Wildman–Crippen LogP) is -1.89. The number of carbonyl (C=O) groups is 2. The van der Waals surface area contributed by atoms with E-state index in [1.54, 1.807) is 0 Å². The summed E-state index contributed by atoms with van der Waals surface area (Å²) in [5, 5.41) is 34.6. The van der Waals surface area contributed by atoms with Crippen molar-refractivity contribution in [2.45, 2.75) is 25.0 Å². The Morgan fingerprint density at radius 1 is 1.13 bits per heavy atom.